The third-order valence-electron chi connectivity index (χ3n) is 6.19. The first-order chi connectivity index (χ1) is 18.6. The number of benzene rings is 2. The fraction of sp³-hybridized carbons (Fsp3) is 0.241. The number of amides is 4. The van der Waals surface area contributed by atoms with Crippen molar-refractivity contribution in [2.75, 3.05) is 28.7 Å². The van der Waals surface area contributed by atoms with Crippen molar-refractivity contribution in [3.8, 4) is 0 Å². The average molecular weight is 527 g/mol. The van der Waals surface area contributed by atoms with Gasteiger partial charge in [-0.1, -0.05) is 51.1 Å². The van der Waals surface area contributed by atoms with Gasteiger partial charge in [-0.15, -0.1) is 0 Å². The van der Waals surface area contributed by atoms with E-state index in [0.717, 1.165) is 0 Å². The summed E-state index contributed by atoms with van der Waals surface area (Å²) in [6.45, 7) is 5.18. The highest BCUT2D eigenvalue weighted by atomic mass is 16.2. The topological polar surface area (TPSA) is 124 Å². The van der Waals surface area contributed by atoms with Crippen molar-refractivity contribution >= 4 is 46.9 Å². The van der Waals surface area contributed by atoms with Crippen LogP contribution in [0.2, 0.25) is 0 Å². The lowest BCUT2D eigenvalue weighted by atomic mass is 9.90. The van der Waals surface area contributed by atoms with Crippen molar-refractivity contribution in [3.63, 3.8) is 0 Å². The second-order valence-corrected chi connectivity index (χ2v) is 10.1. The minimum absolute atomic E-state index is 0.147. The minimum Gasteiger partial charge on any atom is -0.318 e. The summed E-state index contributed by atoms with van der Waals surface area (Å²) >= 11 is 0. The molecule has 2 N–H and O–H groups in total. The van der Waals surface area contributed by atoms with Crippen LogP contribution in [0.15, 0.2) is 77.9 Å². The highest BCUT2D eigenvalue weighted by Crippen LogP contribution is 2.29. The largest absolute Gasteiger partial charge is 0.321 e. The number of hydrogen-bond donors (Lipinski definition) is 2. The van der Waals surface area contributed by atoms with E-state index in [9.17, 15) is 19.2 Å². The van der Waals surface area contributed by atoms with Gasteiger partial charge in [0.15, 0.2) is 5.78 Å². The Morgan fingerprint density at radius 2 is 1.79 bits per heavy atom. The molecular formula is C29H30N6O4. The Hall–Kier alpha value is -4.86. The Morgan fingerprint density at radius 3 is 2.49 bits per heavy atom. The zero-order valence-corrected chi connectivity index (χ0v) is 22.2. The van der Waals surface area contributed by atoms with E-state index in [1.807, 2.05) is 12.1 Å². The second-order valence-electron chi connectivity index (χ2n) is 10.1. The average Bonchev–Trinajstić information content (AvgIpc) is 3.03. The van der Waals surface area contributed by atoms with E-state index in [0.29, 0.717) is 40.4 Å². The molecule has 0 fully saturated rings. The zero-order chi connectivity index (χ0) is 28.2. The number of nitrogens with zero attached hydrogens (tertiary/aromatic N) is 4. The molecule has 4 rings (SSSR count). The minimum atomic E-state index is -1.34. The molecule has 0 bridgehead atoms. The molecule has 0 aliphatic carbocycles. The van der Waals surface area contributed by atoms with Crippen molar-refractivity contribution in [2.24, 2.45) is 10.4 Å². The third kappa shape index (κ3) is 6.18. The molecule has 4 amide bonds. The highest BCUT2D eigenvalue weighted by Gasteiger charge is 2.36. The van der Waals surface area contributed by atoms with Crippen LogP contribution < -0.4 is 20.4 Å². The van der Waals surface area contributed by atoms with Crippen molar-refractivity contribution in [2.45, 2.75) is 26.9 Å². The maximum Gasteiger partial charge on any atom is 0.321 e. The Labute approximate surface area is 226 Å². The fourth-order valence-corrected chi connectivity index (χ4v) is 3.93. The molecule has 3 aromatic rings. The molecule has 2 heterocycles. The highest BCUT2D eigenvalue weighted by molar-refractivity contribution is 6.20. The maximum atomic E-state index is 13.9. The molecule has 0 unspecified atom stereocenters. The van der Waals surface area contributed by atoms with Gasteiger partial charge in [0.2, 0.25) is 12.6 Å². The summed E-state index contributed by atoms with van der Waals surface area (Å²) in [4.78, 5) is 62.9. The van der Waals surface area contributed by atoms with Crippen LogP contribution in [0.3, 0.4) is 0 Å². The number of hydrogen-bond acceptors (Lipinski definition) is 6. The summed E-state index contributed by atoms with van der Waals surface area (Å²) in [5.74, 6) is -0.707. The first-order valence-corrected chi connectivity index (χ1v) is 12.4. The molecule has 2 aromatic carbocycles. The van der Waals surface area contributed by atoms with E-state index in [2.05, 4.69) is 20.6 Å². The normalized spacial score (nSPS) is 15.0. The van der Waals surface area contributed by atoms with Gasteiger partial charge >= 0.3 is 6.03 Å². The molecule has 1 aromatic heterocycles. The second kappa shape index (κ2) is 11.3. The number of carbonyl (C=O) groups excluding carboxylic acids is 4. The fourth-order valence-electron chi connectivity index (χ4n) is 3.93. The van der Waals surface area contributed by atoms with Crippen molar-refractivity contribution < 1.29 is 19.2 Å². The lowest BCUT2D eigenvalue weighted by Gasteiger charge is -2.28. The number of aromatic nitrogens is 1. The van der Waals surface area contributed by atoms with Gasteiger partial charge in [-0.05, 0) is 36.4 Å². The number of para-hydroxylation sites is 1. The van der Waals surface area contributed by atoms with E-state index >= 15 is 0 Å². The van der Waals surface area contributed by atoms with Gasteiger partial charge in [-0.2, -0.15) is 0 Å². The van der Waals surface area contributed by atoms with Gasteiger partial charge in [-0.3, -0.25) is 19.4 Å². The number of fused-ring (bicyclic) bond motifs is 1. The molecule has 39 heavy (non-hydrogen) atoms. The molecule has 10 nitrogen and oxygen atoms in total. The van der Waals surface area contributed by atoms with Crippen molar-refractivity contribution in [1.29, 1.82) is 0 Å². The molecule has 0 saturated heterocycles. The number of aliphatic imine (C=N–C) groups is 1. The van der Waals surface area contributed by atoms with Gasteiger partial charge in [0.05, 0.1) is 23.6 Å². The van der Waals surface area contributed by atoms with Crippen molar-refractivity contribution in [3.05, 3.63) is 84.2 Å². The Kier molecular flexibility index (Phi) is 7.85. The van der Waals surface area contributed by atoms with Crippen LogP contribution in [0.25, 0.3) is 0 Å². The molecular weight excluding hydrogens is 496 g/mol. The number of rotatable bonds is 7. The predicted molar refractivity (Wildman–Crippen MR) is 150 cm³/mol. The SMILES string of the molecule is CN(C=O)c1cccc(NC(=O)N[C@@H]2N=C(c3ccccn3)c3ccccc3N(CC(=O)C(C)(C)C)C2=O)c1. The quantitative estimate of drug-likeness (QED) is 0.455. The molecule has 200 valence electrons. The Morgan fingerprint density at radius 1 is 1.05 bits per heavy atom. The first kappa shape index (κ1) is 27.2. The van der Waals surface area contributed by atoms with E-state index in [4.69, 9.17) is 0 Å². The lowest BCUT2D eigenvalue weighted by molar-refractivity contribution is -0.127. The van der Waals surface area contributed by atoms with E-state index in [-0.39, 0.29) is 12.3 Å². The Bertz CT molecular complexity index is 1430. The van der Waals surface area contributed by atoms with Crippen LogP contribution in [0.5, 0.6) is 0 Å². The standard InChI is InChI=1S/C29H30N6O4/c1-29(2,3)24(37)17-35-23-14-6-5-12-21(23)25(22-13-7-8-15-30-22)32-26(27(35)38)33-28(39)31-19-10-9-11-20(16-19)34(4)18-36/h5-16,18,26H,17H2,1-4H3,(H2,31,33,39)/t26-/m0/s1. The van der Waals surface area contributed by atoms with E-state index in [1.165, 1.54) is 9.80 Å². The van der Waals surface area contributed by atoms with Crippen LogP contribution in [0, 0.1) is 5.41 Å². The van der Waals surface area contributed by atoms with Gasteiger partial charge in [0.25, 0.3) is 5.91 Å². The summed E-state index contributed by atoms with van der Waals surface area (Å²) in [7, 11) is 1.59. The number of pyridine rings is 1. The Balaban J connectivity index is 1.72. The number of benzodiazepines with no additional fused rings is 1. The van der Waals surface area contributed by atoms with Gasteiger partial charge in [0.1, 0.15) is 0 Å². The summed E-state index contributed by atoms with van der Waals surface area (Å²) in [6, 6.07) is 18.5. The maximum absolute atomic E-state index is 13.9. The van der Waals surface area contributed by atoms with Crippen LogP contribution in [0.1, 0.15) is 32.0 Å². The van der Waals surface area contributed by atoms with E-state index < -0.39 is 23.5 Å². The molecule has 0 saturated carbocycles. The number of Topliss-reactive ketones (excluding diaryl/α,β-unsaturated/α-hetero) is 1. The number of carbonyl (C=O) groups is 4. The summed E-state index contributed by atoms with van der Waals surface area (Å²) < 4.78 is 0. The monoisotopic (exact) mass is 526 g/mol. The van der Waals surface area contributed by atoms with Crippen LogP contribution in [0.4, 0.5) is 21.9 Å². The van der Waals surface area contributed by atoms with Gasteiger partial charge in [-0.25, -0.2) is 9.79 Å². The van der Waals surface area contributed by atoms with Crippen LogP contribution >= 0.6 is 0 Å². The molecule has 1 aliphatic rings. The molecule has 1 aliphatic heterocycles. The number of ketones is 1. The van der Waals surface area contributed by atoms with Crippen LogP contribution in [-0.2, 0) is 14.4 Å². The lowest BCUT2D eigenvalue weighted by Crippen LogP contribution is -2.50. The summed E-state index contributed by atoms with van der Waals surface area (Å²) in [5, 5.41) is 5.34. The molecule has 10 heteroatoms. The van der Waals surface area contributed by atoms with Crippen LogP contribution in [-0.4, -0.2) is 54.6 Å². The summed E-state index contributed by atoms with van der Waals surface area (Å²) in [6.07, 6.45) is 0.928. The van der Waals surface area contributed by atoms with Gasteiger partial charge in [0, 0.05) is 35.6 Å². The third-order valence-corrected chi connectivity index (χ3v) is 6.19. The number of urea groups is 1. The van der Waals surface area contributed by atoms with Gasteiger partial charge < -0.3 is 20.4 Å². The van der Waals surface area contributed by atoms with E-state index in [1.54, 1.807) is 88.6 Å². The smallest absolute Gasteiger partial charge is 0.318 e. The number of anilines is 3. The molecule has 0 radical (unpaired) electrons. The first-order valence-electron chi connectivity index (χ1n) is 12.4. The molecule has 0 spiro atoms. The zero-order valence-electron chi connectivity index (χ0n) is 22.2. The summed E-state index contributed by atoms with van der Waals surface area (Å²) in [5.41, 5.74) is 2.33. The number of nitrogens with one attached hydrogen (secondary N) is 2. The molecule has 1 atom stereocenters. The van der Waals surface area contributed by atoms with Crippen molar-refractivity contribution in [1.82, 2.24) is 10.3 Å². The predicted octanol–water partition coefficient (Wildman–Crippen LogP) is 3.62.